The molecule has 2 aromatic rings. The zero-order valence-corrected chi connectivity index (χ0v) is 23.9. The SMILES string of the molecule is CO[Si](CCc1ccc(CCC(Cl)c2c(F)c(F)c(SCCCS(=O)(=O)O)c(F)c2F)cc1)(OC)OC. The number of benzene rings is 2. The maximum Gasteiger partial charge on any atom is 0.500 e. The summed E-state index contributed by atoms with van der Waals surface area (Å²) in [6.07, 6.45) is 0.796. The number of aryl methyl sites for hydroxylation is 2. The van der Waals surface area contributed by atoms with Crippen molar-refractivity contribution in [3.05, 3.63) is 64.2 Å². The summed E-state index contributed by atoms with van der Waals surface area (Å²) in [6.45, 7) is 0. The summed E-state index contributed by atoms with van der Waals surface area (Å²) in [6, 6.07) is 7.99. The summed E-state index contributed by atoms with van der Waals surface area (Å²) in [5, 5.41) is -1.33. The van der Waals surface area contributed by atoms with Crippen LogP contribution in [0.25, 0.3) is 0 Å². The minimum atomic E-state index is -4.26. The van der Waals surface area contributed by atoms with Crippen molar-refractivity contribution < 1.29 is 43.8 Å². The van der Waals surface area contributed by atoms with Gasteiger partial charge in [-0.3, -0.25) is 4.55 Å². The lowest BCUT2D eigenvalue weighted by Crippen LogP contribution is -2.43. The van der Waals surface area contributed by atoms with Gasteiger partial charge in [0, 0.05) is 32.9 Å². The Bertz CT molecular complexity index is 1110. The molecule has 0 heterocycles. The van der Waals surface area contributed by atoms with E-state index in [-0.39, 0.29) is 18.6 Å². The van der Waals surface area contributed by atoms with Gasteiger partial charge in [0.25, 0.3) is 10.1 Å². The smallest absolute Gasteiger partial charge is 0.377 e. The number of thioether (sulfide) groups is 1. The Kier molecular flexibility index (Phi) is 12.3. The molecule has 6 nitrogen and oxygen atoms in total. The average molecular weight is 605 g/mol. The highest BCUT2D eigenvalue weighted by Crippen LogP contribution is 2.38. The fourth-order valence-corrected chi connectivity index (χ4v) is 7.24. The van der Waals surface area contributed by atoms with Gasteiger partial charge < -0.3 is 13.3 Å². The second-order valence-corrected chi connectivity index (χ2v) is 14.4. The summed E-state index contributed by atoms with van der Waals surface area (Å²) in [5.74, 6) is -7.20. The molecule has 0 amide bonds. The molecule has 0 aromatic heterocycles. The highest BCUT2D eigenvalue weighted by molar-refractivity contribution is 7.99. The zero-order chi connectivity index (χ0) is 27.8. The minimum Gasteiger partial charge on any atom is -0.377 e. The molecule has 37 heavy (non-hydrogen) atoms. The standard InChI is InChI=1S/C23H29ClF4O6S2Si/c1-32-37(33-2,34-3)14-11-16-7-5-15(6-8-16)9-10-17(24)18-19(25)21(27)23(22(28)20(18)26)35-12-4-13-36(29,30)31/h5-8,17H,4,9-14H2,1-3H3,(H,29,30,31). The second kappa shape index (κ2) is 14.3. The van der Waals surface area contributed by atoms with Gasteiger partial charge in [0.05, 0.1) is 16.0 Å². The van der Waals surface area contributed by atoms with Crippen LogP contribution in [-0.2, 0) is 36.2 Å². The maximum atomic E-state index is 14.7. The molecule has 0 saturated carbocycles. The van der Waals surface area contributed by atoms with E-state index in [9.17, 15) is 26.0 Å². The van der Waals surface area contributed by atoms with Gasteiger partial charge in [0.2, 0.25) is 0 Å². The molecule has 0 bridgehead atoms. The number of hydrogen-bond acceptors (Lipinski definition) is 6. The number of rotatable bonds is 15. The molecule has 0 saturated heterocycles. The molecular formula is C23H29ClF4O6S2Si. The molecule has 0 aliphatic carbocycles. The maximum absolute atomic E-state index is 14.7. The van der Waals surface area contributed by atoms with Crippen LogP contribution in [-0.4, -0.2) is 54.6 Å². The first-order chi connectivity index (χ1) is 17.4. The van der Waals surface area contributed by atoms with E-state index in [2.05, 4.69) is 0 Å². The van der Waals surface area contributed by atoms with Gasteiger partial charge in [0.1, 0.15) is 0 Å². The topological polar surface area (TPSA) is 82.1 Å². The molecule has 0 aliphatic heterocycles. The lowest BCUT2D eigenvalue weighted by Gasteiger charge is -2.24. The molecule has 1 atom stereocenters. The van der Waals surface area contributed by atoms with Crippen LogP contribution < -0.4 is 0 Å². The predicted octanol–water partition coefficient (Wildman–Crippen LogP) is 5.95. The molecule has 1 N–H and O–H groups in total. The molecule has 0 spiro atoms. The van der Waals surface area contributed by atoms with E-state index in [0.29, 0.717) is 30.6 Å². The van der Waals surface area contributed by atoms with Crippen LogP contribution in [0.5, 0.6) is 0 Å². The van der Waals surface area contributed by atoms with Crippen molar-refractivity contribution in [2.45, 2.75) is 42.0 Å². The van der Waals surface area contributed by atoms with Crippen LogP contribution in [0.2, 0.25) is 6.04 Å². The third kappa shape index (κ3) is 8.92. The Morgan fingerprint density at radius 2 is 1.41 bits per heavy atom. The van der Waals surface area contributed by atoms with Gasteiger partial charge in [0.15, 0.2) is 23.3 Å². The van der Waals surface area contributed by atoms with Crippen LogP contribution in [0.3, 0.4) is 0 Å². The highest BCUT2D eigenvalue weighted by atomic mass is 35.5. The third-order valence-electron chi connectivity index (χ3n) is 5.73. The molecule has 0 fully saturated rings. The molecular weight excluding hydrogens is 576 g/mol. The average Bonchev–Trinajstić information content (AvgIpc) is 2.87. The number of alkyl halides is 1. The monoisotopic (exact) mass is 604 g/mol. The van der Waals surface area contributed by atoms with Crippen molar-refractivity contribution in [2.75, 3.05) is 32.8 Å². The van der Waals surface area contributed by atoms with E-state index in [1.165, 1.54) is 21.3 Å². The Labute approximate surface area is 224 Å². The number of hydrogen-bond donors (Lipinski definition) is 1. The lowest BCUT2D eigenvalue weighted by molar-refractivity contribution is 0.123. The van der Waals surface area contributed by atoms with Crippen LogP contribution >= 0.6 is 23.4 Å². The van der Waals surface area contributed by atoms with Crippen molar-refractivity contribution in [3.63, 3.8) is 0 Å². The van der Waals surface area contributed by atoms with E-state index in [1.807, 2.05) is 24.3 Å². The lowest BCUT2D eigenvalue weighted by atomic mass is 10.0. The first-order valence-electron chi connectivity index (χ1n) is 11.2. The molecule has 0 aliphatic rings. The number of halogens is 5. The Balaban J connectivity index is 2.04. The third-order valence-corrected chi connectivity index (χ3v) is 10.8. The van der Waals surface area contributed by atoms with Crippen molar-refractivity contribution in [1.29, 1.82) is 0 Å². The molecule has 208 valence electrons. The van der Waals surface area contributed by atoms with E-state index in [4.69, 9.17) is 29.4 Å². The van der Waals surface area contributed by atoms with E-state index in [0.717, 1.165) is 11.1 Å². The van der Waals surface area contributed by atoms with Gasteiger partial charge in [-0.05, 0) is 42.6 Å². The predicted molar refractivity (Wildman–Crippen MR) is 137 cm³/mol. The Morgan fingerprint density at radius 1 is 0.919 bits per heavy atom. The molecule has 1 unspecified atom stereocenters. The first kappa shape index (κ1) is 32.0. The largest absolute Gasteiger partial charge is 0.500 e. The van der Waals surface area contributed by atoms with E-state index < -0.39 is 63.8 Å². The quantitative estimate of drug-likeness (QED) is 0.0512. The normalized spacial score (nSPS) is 13.2. The van der Waals surface area contributed by atoms with E-state index in [1.54, 1.807) is 0 Å². The molecule has 2 aromatic carbocycles. The van der Waals surface area contributed by atoms with Crippen LogP contribution in [0, 0.1) is 23.3 Å². The second-order valence-electron chi connectivity index (χ2n) is 8.10. The van der Waals surface area contributed by atoms with Gasteiger partial charge in [-0.25, -0.2) is 17.6 Å². The van der Waals surface area contributed by atoms with Crippen molar-refractivity contribution in [1.82, 2.24) is 0 Å². The summed E-state index contributed by atoms with van der Waals surface area (Å²) < 4.78 is 105. The van der Waals surface area contributed by atoms with E-state index >= 15 is 0 Å². The van der Waals surface area contributed by atoms with Crippen LogP contribution in [0.4, 0.5) is 17.6 Å². The van der Waals surface area contributed by atoms with Gasteiger partial charge in [-0.15, -0.1) is 23.4 Å². The fraction of sp³-hybridized carbons (Fsp3) is 0.478. The minimum absolute atomic E-state index is 0.0154. The fourth-order valence-electron chi connectivity index (χ4n) is 3.61. The molecule has 14 heteroatoms. The Morgan fingerprint density at radius 3 is 1.86 bits per heavy atom. The zero-order valence-electron chi connectivity index (χ0n) is 20.5. The van der Waals surface area contributed by atoms with Gasteiger partial charge >= 0.3 is 8.80 Å². The molecule has 2 rings (SSSR count). The highest BCUT2D eigenvalue weighted by Gasteiger charge is 2.37. The summed E-state index contributed by atoms with van der Waals surface area (Å²) in [4.78, 5) is -0.906. The Hall–Kier alpha value is -1.19. The van der Waals surface area contributed by atoms with Crippen molar-refractivity contribution in [2.24, 2.45) is 0 Å². The summed E-state index contributed by atoms with van der Waals surface area (Å²) >= 11 is 6.58. The van der Waals surface area contributed by atoms with Gasteiger partial charge in [-0.2, -0.15) is 8.42 Å². The van der Waals surface area contributed by atoms with Crippen LogP contribution in [0.15, 0.2) is 29.2 Å². The molecule has 0 radical (unpaired) electrons. The van der Waals surface area contributed by atoms with Crippen molar-refractivity contribution in [3.8, 4) is 0 Å². The van der Waals surface area contributed by atoms with Crippen LogP contribution in [0.1, 0.15) is 34.9 Å². The van der Waals surface area contributed by atoms with Gasteiger partial charge in [-0.1, -0.05) is 24.3 Å². The van der Waals surface area contributed by atoms with Crippen molar-refractivity contribution >= 4 is 42.3 Å². The summed E-state index contributed by atoms with van der Waals surface area (Å²) in [7, 11) is -2.36. The first-order valence-corrected chi connectivity index (χ1v) is 16.2. The summed E-state index contributed by atoms with van der Waals surface area (Å²) in [5.41, 5.74) is 0.923.